The number of hydrazone groups is 1. The van der Waals surface area contributed by atoms with Gasteiger partial charge >= 0.3 is 5.97 Å². The van der Waals surface area contributed by atoms with Crippen LogP contribution in [0.2, 0.25) is 0 Å². The minimum Gasteiger partial charge on any atom is -0.480 e. The average molecular weight is 380 g/mol. The van der Waals surface area contributed by atoms with Crippen LogP contribution in [-0.4, -0.2) is 70.0 Å². The lowest BCUT2D eigenvalue weighted by Crippen LogP contribution is -2.50. The third kappa shape index (κ3) is 3.51. The Morgan fingerprint density at radius 1 is 1.00 bits per heavy atom. The van der Waals surface area contributed by atoms with E-state index in [4.69, 9.17) is 0 Å². The molecule has 0 saturated carbocycles. The number of anilines is 2. The molecule has 0 spiro atoms. The van der Waals surface area contributed by atoms with Gasteiger partial charge in [0.25, 0.3) is 5.91 Å². The van der Waals surface area contributed by atoms with Gasteiger partial charge in [0, 0.05) is 38.8 Å². The molecule has 3 heterocycles. The van der Waals surface area contributed by atoms with E-state index in [1.165, 1.54) is 5.01 Å². The number of benzene rings is 1. The van der Waals surface area contributed by atoms with Crippen molar-refractivity contribution < 1.29 is 14.7 Å². The van der Waals surface area contributed by atoms with Crippen molar-refractivity contribution >= 4 is 29.1 Å². The maximum atomic E-state index is 12.9. The number of rotatable bonds is 4. The van der Waals surface area contributed by atoms with Crippen LogP contribution in [-0.2, 0) is 9.59 Å². The Hall–Kier alpha value is -3.49. The van der Waals surface area contributed by atoms with Crippen molar-refractivity contribution in [3.05, 3.63) is 48.7 Å². The first-order chi connectivity index (χ1) is 13.6. The van der Waals surface area contributed by atoms with E-state index in [0.29, 0.717) is 31.9 Å². The van der Waals surface area contributed by atoms with Crippen LogP contribution in [0.3, 0.4) is 0 Å². The predicted molar refractivity (Wildman–Crippen MR) is 103 cm³/mol. The Morgan fingerprint density at radius 3 is 2.39 bits per heavy atom. The van der Waals surface area contributed by atoms with Gasteiger partial charge < -0.3 is 14.9 Å². The molecule has 1 aromatic carbocycles. The number of carbonyl (C=O) groups excluding carboxylic acids is 1. The molecule has 9 heteroatoms. The van der Waals surface area contributed by atoms with E-state index >= 15 is 0 Å². The molecular weight excluding hydrogens is 360 g/mol. The zero-order valence-electron chi connectivity index (χ0n) is 15.2. The molecule has 1 unspecified atom stereocenters. The SMILES string of the molecule is O=C(O)C1CC(C(=O)N2CCN(c3cccnn3)CC2)=NN1c1ccccc1. The molecule has 0 aliphatic carbocycles. The summed E-state index contributed by atoms with van der Waals surface area (Å²) in [5.74, 6) is -0.416. The van der Waals surface area contributed by atoms with Gasteiger partial charge in [-0.15, -0.1) is 5.10 Å². The molecule has 1 amide bonds. The molecule has 2 aliphatic heterocycles. The second-order valence-electron chi connectivity index (χ2n) is 6.65. The molecule has 9 nitrogen and oxygen atoms in total. The summed E-state index contributed by atoms with van der Waals surface area (Å²) in [6.07, 6.45) is 1.71. The highest BCUT2D eigenvalue weighted by Gasteiger charge is 2.38. The number of aromatic nitrogens is 2. The van der Waals surface area contributed by atoms with Crippen LogP contribution in [0.1, 0.15) is 6.42 Å². The first kappa shape index (κ1) is 17.9. The number of amides is 1. The van der Waals surface area contributed by atoms with Crippen molar-refractivity contribution in [1.82, 2.24) is 15.1 Å². The lowest BCUT2D eigenvalue weighted by atomic mass is 10.1. The normalized spacial score (nSPS) is 19.5. The van der Waals surface area contributed by atoms with Crippen molar-refractivity contribution in [2.24, 2.45) is 5.10 Å². The van der Waals surface area contributed by atoms with Gasteiger partial charge in [0.05, 0.1) is 5.69 Å². The van der Waals surface area contributed by atoms with Crippen LogP contribution >= 0.6 is 0 Å². The van der Waals surface area contributed by atoms with Crippen LogP contribution in [0.5, 0.6) is 0 Å². The maximum Gasteiger partial charge on any atom is 0.328 e. The zero-order chi connectivity index (χ0) is 19.5. The van der Waals surface area contributed by atoms with Crippen LogP contribution in [0.15, 0.2) is 53.8 Å². The molecule has 1 N–H and O–H groups in total. The fourth-order valence-corrected chi connectivity index (χ4v) is 3.43. The highest BCUT2D eigenvalue weighted by molar-refractivity contribution is 6.40. The molecule has 1 fully saturated rings. The summed E-state index contributed by atoms with van der Waals surface area (Å²) in [7, 11) is 0. The van der Waals surface area contributed by atoms with E-state index in [0.717, 1.165) is 5.82 Å². The van der Waals surface area contributed by atoms with E-state index in [2.05, 4.69) is 20.2 Å². The Labute approximate surface area is 161 Å². The van der Waals surface area contributed by atoms with E-state index in [-0.39, 0.29) is 18.0 Å². The highest BCUT2D eigenvalue weighted by atomic mass is 16.4. The standard InChI is InChI=1S/C19H20N6O3/c26-18(24-11-9-23(10-12-24)17-7-4-8-20-21-17)15-13-16(19(27)28)25(22-15)14-5-2-1-3-6-14/h1-8,16H,9-13H2,(H,27,28). The van der Waals surface area contributed by atoms with E-state index < -0.39 is 12.0 Å². The number of aliphatic carboxylic acids is 1. The Morgan fingerprint density at radius 2 is 1.75 bits per heavy atom. The quantitative estimate of drug-likeness (QED) is 0.839. The fraction of sp³-hybridized carbons (Fsp3) is 0.316. The summed E-state index contributed by atoms with van der Waals surface area (Å²) in [6.45, 7) is 2.33. The van der Waals surface area contributed by atoms with Gasteiger partial charge in [-0.2, -0.15) is 10.2 Å². The molecule has 1 saturated heterocycles. The summed E-state index contributed by atoms with van der Waals surface area (Å²) < 4.78 is 0. The van der Waals surface area contributed by atoms with Gasteiger partial charge in [-0.05, 0) is 24.3 Å². The largest absolute Gasteiger partial charge is 0.480 e. The number of carbonyl (C=O) groups is 2. The number of hydrogen-bond acceptors (Lipinski definition) is 7. The molecule has 0 bridgehead atoms. The van der Waals surface area contributed by atoms with Gasteiger partial charge in [-0.3, -0.25) is 9.80 Å². The van der Waals surface area contributed by atoms with Gasteiger partial charge in [-0.1, -0.05) is 18.2 Å². The molecule has 4 rings (SSSR count). The van der Waals surface area contributed by atoms with E-state index in [1.54, 1.807) is 23.2 Å². The Kier molecular flexibility index (Phi) is 4.88. The third-order valence-electron chi connectivity index (χ3n) is 4.91. The lowest BCUT2D eigenvalue weighted by Gasteiger charge is -2.35. The fourth-order valence-electron chi connectivity index (χ4n) is 3.43. The van der Waals surface area contributed by atoms with Crippen molar-refractivity contribution in [2.75, 3.05) is 36.1 Å². The van der Waals surface area contributed by atoms with E-state index in [9.17, 15) is 14.7 Å². The van der Waals surface area contributed by atoms with Crippen LogP contribution < -0.4 is 9.91 Å². The number of piperazine rings is 1. The first-order valence-electron chi connectivity index (χ1n) is 9.10. The van der Waals surface area contributed by atoms with Crippen molar-refractivity contribution in [3.63, 3.8) is 0 Å². The Balaban J connectivity index is 1.45. The van der Waals surface area contributed by atoms with Crippen molar-refractivity contribution in [2.45, 2.75) is 12.5 Å². The van der Waals surface area contributed by atoms with Crippen molar-refractivity contribution in [1.29, 1.82) is 0 Å². The molecular formula is C19H20N6O3. The molecule has 0 radical (unpaired) electrons. The minimum atomic E-state index is -0.997. The minimum absolute atomic E-state index is 0.0907. The summed E-state index contributed by atoms with van der Waals surface area (Å²) in [5, 5.41) is 23.3. The molecule has 28 heavy (non-hydrogen) atoms. The summed E-state index contributed by atoms with van der Waals surface area (Å²) >= 11 is 0. The summed E-state index contributed by atoms with van der Waals surface area (Å²) in [6, 6.07) is 11.9. The number of carboxylic acids is 1. The summed E-state index contributed by atoms with van der Waals surface area (Å²) in [4.78, 5) is 28.4. The van der Waals surface area contributed by atoms with Crippen molar-refractivity contribution in [3.8, 4) is 0 Å². The first-order valence-corrected chi connectivity index (χ1v) is 9.10. The lowest BCUT2D eigenvalue weighted by molar-refractivity contribution is -0.138. The molecule has 2 aliphatic rings. The number of carboxylic acid groups (broad SMARTS) is 1. The van der Waals surface area contributed by atoms with Crippen LogP contribution in [0.4, 0.5) is 11.5 Å². The smallest absolute Gasteiger partial charge is 0.328 e. The third-order valence-corrected chi connectivity index (χ3v) is 4.91. The van der Waals surface area contributed by atoms with Crippen LogP contribution in [0, 0.1) is 0 Å². The maximum absolute atomic E-state index is 12.9. The van der Waals surface area contributed by atoms with Gasteiger partial charge in [0.1, 0.15) is 5.71 Å². The topological polar surface area (TPSA) is 102 Å². The van der Waals surface area contributed by atoms with Gasteiger partial charge in [0.15, 0.2) is 11.9 Å². The monoisotopic (exact) mass is 380 g/mol. The zero-order valence-corrected chi connectivity index (χ0v) is 15.2. The molecule has 144 valence electrons. The average Bonchev–Trinajstić information content (AvgIpc) is 3.20. The van der Waals surface area contributed by atoms with Crippen LogP contribution in [0.25, 0.3) is 0 Å². The van der Waals surface area contributed by atoms with Gasteiger partial charge in [0.2, 0.25) is 0 Å². The number of hydrogen-bond donors (Lipinski definition) is 1. The molecule has 2 aromatic rings. The number of nitrogens with zero attached hydrogens (tertiary/aromatic N) is 6. The second-order valence-corrected chi connectivity index (χ2v) is 6.65. The molecule has 1 atom stereocenters. The number of para-hydroxylation sites is 1. The van der Waals surface area contributed by atoms with E-state index in [1.807, 2.05) is 30.3 Å². The van der Waals surface area contributed by atoms with Gasteiger partial charge in [-0.25, -0.2) is 4.79 Å². The Bertz CT molecular complexity index is 881. The summed E-state index contributed by atoms with van der Waals surface area (Å²) in [5.41, 5.74) is 0.939. The second kappa shape index (κ2) is 7.63. The molecule has 1 aromatic heterocycles. The predicted octanol–water partition coefficient (Wildman–Crippen LogP) is 0.845. The highest BCUT2D eigenvalue weighted by Crippen LogP contribution is 2.25.